The number of urea groups is 1. The van der Waals surface area contributed by atoms with E-state index in [4.69, 9.17) is 0 Å². The van der Waals surface area contributed by atoms with Crippen LogP contribution in [0.5, 0.6) is 0 Å². The van der Waals surface area contributed by atoms with Crippen LogP contribution in [0.25, 0.3) is 5.69 Å². The first-order chi connectivity index (χ1) is 11.1. The summed E-state index contributed by atoms with van der Waals surface area (Å²) < 4.78 is 1.81. The molecule has 0 aliphatic carbocycles. The third-order valence-corrected chi connectivity index (χ3v) is 3.83. The topological polar surface area (TPSA) is 88.9 Å². The van der Waals surface area contributed by atoms with Crippen molar-refractivity contribution in [1.82, 2.24) is 25.4 Å². The average Bonchev–Trinajstić information content (AvgIpc) is 2.99. The maximum atomic E-state index is 11.8. The van der Waals surface area contributed by atoms with Crippen LogP contribution >= 0.6 is 11.8 Å². The molecule has 23 heavy (non-hydrogen) atoms. The number of nitrogens with zero attached hydrogens (tertiary/aromatic N) is 3. The van der Waals surface area contributed by atoms with Gasteiger partial charge in [0.25, 0.3) is 0 Å². The van der Waals surface area contributed by atoms with Gasteiger partial charge in [-0.1, -0.05) is 36.0 Å². The minimum absolute atomic E-state index is 0.0616. The molecule has 2 rings (SSSR count). The highest BCUT2D eigenvalue weighted by atomic mass is 32.2. The van der Waals surface area contributed by atoms with Crippen molar-refractivity contribution < 1.29 is 9.59 Å². The van der Waals surface area contributed by atoms with E-state index in [-0.39, 0.29) is 5.75 Å². The molecule has 0 aliphatic heterocycles. The molecule has 0 aliphatic rings. The fraction of sp³-hybridized carbons (Fsp3) is 0.200. The average molecular weight is 331 g/mol. The summed E-state index contributed by atoms with van der Waals surface area (Å²) in [6.07, 6.45) is 3.13. The maximum Gasteiger partial charge on any atom is 0.321 e. The number of hydrogen-bond acceptors (Lipinski definition) is 5. The zero-order valence-corrected chi connectivity index (χ0v) is 13.5. The lowest BCUT2D eigenvalue weighted by atomic mass is 10.2. The molecule has 2 aromatic rings. The fourth-order valence-electron chi connectivity index (χ4n) is 1.82. The lowest BCUT2D eigenvalue weighted by molar-refractivity contribution is -0.117. The number of amides is 3. The number of rotatable bonds is 6. The summed E-state index contributed by atoms with van der Waals surface area (Å²) in [6.45, 7) is 5.76. The molecule has 1 aromatic heterocycles. The van der Waals surface area contributed by atoms with Crippen molar-refractivity contribution in [3.05, 3.63) is 48.8 Å². The summed E-state index contributed by atoms with van der Waals surface area (Å²) in [5.41, 5.74) is 2.02. The monoisotopic (exact) mass is 331 g/mol. The van der Waals surface area contributed by atoms with Crippen molar-refractivity contribution in [2.45, 2.75) is 12.1 Å². The van der Waals surface area contributed by atoms with Crippen molar-refractivity contribution in [2.75, 3.05) is 12.3 Å². The van der Waals surface area contributed by atoms with Crippen LogP contribution in [0.15, 0.2) is 48.4 Å². The molecule has 0 bridgehead atoms. The molecule has 0 spiro atoms. The Kier molecular flexibility index (Phi) is 5.93. The number of imide groups is 1. The van der Waals surface area contributed by atoms with Gasteiger partial charge < -0.3 is 5.32 Å². The third-order valence-electron chi connectivity index (χ3n) is 2.88. The highest BCUT2D eigenvalue weighted by molar-refractivity contribution is 7.99. The number of para-hydroxylation sites is 1. The van der Waals surface area contributed by atoms with Gasteiger partial charge in [0.1, 0.15) is 6.33 Å². The number of thioether (sulfide) groups is 1. The quantitative estimate of drug-likeness (QED) is 0.621. The van der Waals surface area contributed by atoms with E-state index in [1.165, 1.54) is 17.8 Å². The summed E-state index contributed by atoms with van der Waals surface area (Å²) in [7, 11) is 0. The summed E-state index contributed by atoms with van der Waals surface area (Å²) in [6, 6.07) is 7.26. The summed E-state index contributed by atoms with van der Waals surface area (Å²) in [5, 5.41) is 13.2. The Bertz CT molecular complexity index is 713. The Morgan fingerprint density at radius 1 is 1.39 bits per heavy atom. The summed E-state index contributed by atoms with van der Waals surface area (Å²) in [4.78, 5) is 23.1. The molecule has 0 unspecified atom stereocenters. The number of nitrogens with one attached hydrogen (secondary N) is 2. The number of aryl methyl sites for hydroxylation is 1. The van der Waals surface area contributed by atoms with Crippen LogP contribution in [-0.4, -0.2) is 39.0 Å². The Morgan fingerprint density at radius 3 is 2.91 bits per heavy atom. The van der Waals surface area contributed by atoms with Crippen molar-refractivity contribution >= 4 is 23.7 Å². The predicted molar refractivity (Wildman–Crippen MR) is 88.6 cm³/mol. The Balaban J connectivity index is 1.96. The van der Waals surface area contributed by atoms with Crippen LogP contribution < -0.4 is 10.6 Å². The molecule has 8 heteroatoms. The van der Waals surface area contributed by atoms with Crippen LogP contribution in [-0.2, 0) is 4.79 Å². The van der Waals surface area contributed by atoms with E-state index in [2.05, 4.69) is 27.4 Å². The Morgan fingerprint density at radius 2 is 2.17 bits per heavy atom. The van der Waals surface area contributed by atoms with Crippen LogP contribution in [0.2, 0.25) is 0 Å². The molecule has 1 aromatic carbocycles. The predicted octanol–water partition coefficient (Wildman–Crippen LogP) is 1.68. The van der Waals surface area contributed by atoms with Gasteiger partial charge in [-0.15, -0.1) is 16.8 Å². The molecule has 0 saturated heterocycles. The number of carbonyl (C=O) groups is 2. The standard InChI is InChI=1S/C15H17N5O2S/c1-3-8-16-14(22)18-13(21)9-23-15-19-17-10-20(15)12-7-5-4-6-11(12)2/h3-7,10H,1,8-9H2,2H3,(H2,16,18,21,22). The van der Waals surface area contributed by atoms with E-state index in [0.29, 0.717) is 11.7 Å². The fourth-order valence-corrected chi connectivity index (χ4v) is 2.55. The normalized spacial score (nSPS) is 10.1. The summed E-state index contributed by atoms with van der Waals surface area (Å²) in [5.74, 6) is -0.345. The van der Waals surface area contributed by atoms with Gasteiger partial charge in [-0.3, -0.25) is 14.7 Å². The smallest absolute Gasteiger partial charge is 0.321 e. The summed E-state index contributed by atoms with van der Waals surface area (Å²) >= 11 is 1.21. The maximum absolute atomic E-state index is 11.8. The van der Waals surface area contributed by atoms with E-state index < -0.39 is 11.9 Å². The van der Waals surface area contributed by atoms with Gasteiger partial charge in [0.2, 0.25) is 5.91 Å². The molecule has 3 amide bonds. The van der Waals surface area contributed by atoms with E-state index in [9.17, 15) is 9.59 Å². The van der Waals surface area contributed by atoms with Crippen molar-refractivity contribution in [3.8, 4) is 5.69 Å². The molecule has 120 valence electrons. The third kappa shape index (κ3) is 4.68. The second-order valence-corrected chi connectivity index (χ2v) is 5.55. The van der Waals surface area contributed by atoms with E-state index in [0.717, 1.165) is 11.3 Å². The number of benzene rings is 1. The van der Waals surface area contributed by atoms with Gasteiger partial charge in [-0.2, -0.15) is 0 Å². The van der Waals surface area contributed by atoms with Crippen molar-refractivity contribution in [2.24, 2.45) is 0 Å². The molecular weight excluding hydrogens is 314 g/mol. The van der Waals surface area contributed by atoms with E-state index >= 15 is 0 Å². The van der Waals surface area contributed by atoms with Crippen molar-refractivity contribution in [1.29, 1.82) is 0 Å². The Labute approximate surface area is 138 Å². The van der Waals surface area contributed by atoms with Gasteiger partial charge in [0.05, 0.1) is 11.4 Å². The first-order valence-corrected chi connectivity index (χ1v) is 7.87. The van der Waals surface area contributed by atoms with Crippen LogP contribution in [0.1, 0.15) is 5.56 Å². The van der Waals surface area contributed by atoms with E-state index in [1.807, 2.05) is 35.8 Å². The van der Waals surface area contributed by atoms with Crippen LogP contribution in [0.4, 0.5) is 4.79 Å². The zero-order chi connectivity index (χ0) is 16.7. The second kappa shape index (κ2) is 8.14. The first-order valence-electron chi connectivity index (χ1n) is 6.89. The van der Waals surface area contributed by atoms with Gasteiger partial charge in [0, 0.05) is 6.54 Å². The highest BCUT2D eigenvalue weighted by Crippen LogP contribution is 2.21. The Hall–Kier alpha value is -2.61. The van der Waals surface area contributed by atoms with Gasteiger partial charge in [-0.05, 0) is 18.6 Å². The number of hydrogen-bond donors (Lipinski definition) is 2. The van der Waals surface area contributed by atoms with Crippen LogP contribution in [0, 0.1) is 6.92 Å². The van der Waals surface area contributed by atoms with Crippen LogP contribution in [0.3, 0.4) is 0 Å². The van der Waals surface area contributed by atoms with Gasteiger partial charge >= 0.3 is 6.03 Å². The molecular formula is C15H17N5O2S. The highest BCUT2D eigenvalue weighted by Gasteiger charge is 2.12. The first kappa shape index (κ1) is 16.8. The molecule has 1 heterocycles. The molecule has 7 nitrogen and oxygen atoms in total. The van der Waals surface area contributed by atoms with Gasteiger partial charge in [-0.25, -0.2) is 4.79 Å². The minimum atomic E-state index is -0.545. The molecule has 2 N–H and O–H groups in total. The lowest BCUT2D eigenvalue weighted by Gasteiger charge is -2.09. The van der Waals surface area contributed by atoms with Gasteiger partial charge in [0.15, 0.2) is 5.16 Å². The van der Waals surface area contributed by atoms with Crippen molar-refractivity contribution in [3.63, 3.8) is 0 Å². The second-order valence-electron chi connectivity index (χ2n) is 4.61. The van der Waals surface area contributed by atoms with E-state index in [1.54, 1.807) is 6.33 Å². The minimum Gasteiger partial charge on any atom is -0.334 e. The molecule has 0 fully saturated rings. The molecule has 0 atom stereocenters. The zero-order valence-electron chi connectivity index (χ0n) is 12.7. The molecule has 0 radical (unpaired) electrons. The SMILES string of the molecule is C=CCNC(=O)NC(=O)CSc1nncn1-c1ccccc1C. The number of carbonyl (C=O) groups excluding carboxylic acids is 2. The number of aromatic nitrogens is 3. The lowest BCUT2D eigenvalue weighted by Crippen LogP contribution is -2.40. The largest absolute Gasteiger partial charge is 0.334 e. The molecule has 0 saturated carbocycles.